The number of anilines is 2. The van der Waals surface area contributed by atoms with Gasteiger partial charge in [0.2, 0.25) is 5.91 Å². The van der Waals surface area contributed by atoms with Gasteiger partial charge in [0.15, 0.2) is 6.61 Å². The number of piperidine rings is 1. The van der Waals surface area contributed by atoms with Gasteiger partial charge < -0.3 is 38.5 Å². The van der Waals surface area contributed by atoms with E-state index in [1.807, 2.05) is 76.2 Å². The summed E-state index contributed by atoms with van der Waals surface area (Å²) < 4.78 is 22.9. The third kappa shape index (κ3) is 9.50. The van der Waals surface area contributed by atoms with Crippen LogP contribution in [0.25, 0.3) is 11.1 Å². The molecule has 2 heterocycles. The van der Waals surface area contributed by atoms with Crippen LogP contribution in [0.4, 0.5) is 16.2 Å². The smallest absolute Gasteiger partial charge is 0.410 e. The van der Waals surface area contributed by atoms with Gasteiger partial charge in [-0.05, 0) is 113 Å². The SMILES string of the molecule is COCCCN1C(=O)COc2ccc(N(C(=O)[C@H]3CN(C(=O)OC(C)(C)C)CC[C@@H]3c3cccc(-c4cccc(OCCN(C)C)c4)c3)C3CC3)cc21. The van der Waals surface area contributed by atoms with Gasteiger partial charge in [-0.3, -0.25) is 9.59 Å². The number of amides is 3. The lowest BCUT2D eigenvalue weighted by Crippen LogP contribution is -2.51. The number of likely N-dealkylation sites (N-methyl/N-ethyl adjacent to an activating group) is 1. The van der Waals surface area contributed by atoms with Gasteiger partial charge in [0, 0.05) is 51.6 Å². The number of fused-ring (bicyclic) bond motifs is 1. The van der Waals surface area contributed by atoms with E-state index in [2.05, 4.69) is 35.2 Å². The molecule has 53 heavy (non-hydrogen) atoms. The van der Waals surface area contributed by atoms with Crippen molar-refractivity contribution in [3.8, 4) is 22.6 Å². The fourth-order valence-electron chi connectivity index (χ4n) is 7.14. The van der Waals surface area contributed by atoms with Gasteiger partial charge in [0.1, 0.15) is 23.7 Å². The number of ether oxygens (including phenoxy) is 4. The second-order valence-electron chi connectivity index (χ2n) is 15.5. The zero-order chi connectivity index (χ0) is 37.7. The summed E-state index contributed by atoms with van der Waals surface area (Å²) in [5.74, 6) is 0.587. The Labute approximate surface area is 313 Å². The largest absolute Gasteiger partial charge is 0.492 e. The Balaban J connectivity index is 1.32. The molecule has 3 amide bonds. The molecule has 11 nitrogen and oxygen atoms in total. The van der Waals surface area contributed by atoms with E-state index in [-0.39, 0.29) is 36.9 Å². The van der Waals surface area contributed by atoms with Crippen LogP contribution in [-0.4, -0.2) is 107 Å². The highest BCUT2D eigenvalue weighted by molar-refractivity contribution is 6.01. The van der Waals surface area contributed by atoms with Crippen LogP contribution in [0.2, 0.25) is 0 Å². The molecule has 6 rings (SSSR count). The van der Waals surface area contributed by atoms with Crippen molar-refractivity contribution < 1.29 is 33.3 Å². The van der Waals surface area contributed by atoms with E-state index < -0.39 is 17.6 Å². The lowest BCUT2D eigenvalue weighted by Gasteiger charge is -2.41. The number of nitrogens with zero attached hydrogens (tertiary/aromatic N) is 4. The highest BCUT2D eigenvalue weighted by atomic mass is 16.6. The van der Waals surface area contributed by atoms with Crippen LogP contribution >= 0.6 is 0 Å². The van der Waals surface area contributed by atoms with Gasteiger partial charge in [-0.15, -0.1) is 0 Å². The fourth-order valence-corrected chi connectivity index (χ4v) is 7.14. The standard InChI is InChI=1S/C42H54N4O7/c1-42(2,3)53-41(49)44-20-18-35(31-12-7-10-29(24-31)30-11-8-13-34(25-30)51-23-21-43(4)5)36(27-44)40(48)46(32-14-15-32)33-16-17-38-37(26-33)45(19-9-22-50-6)39(47)28-52-38/h7-8,10-13,16-17,24-26,32,35-36H,9,14-15,18-23,27-28H2,1-6H3/t35-,36+/m1/s1. The molecule has 284 valence electrons. The Morgan fingerprint density at radius 1 is 0.943 bits per heavy atom. The number of methoxy groups -OCH3 is 1. The van der Waals surface area contributed by atoms with E-state index in [9.17, 15) is 9.59 Å². The molecule has 3 aromatic carbocycles. The quantitative estimate of drug-likeness (QED) is 0.182. The zero-order valence-electron chi connectivity index (χ0n) is 32.0. The van der Waals surface area contributed by atoms with Gasteiger partial charge in [-0.25, -0.2) is 4.79 Å². The van der Waals surface area contributed by atoms with Crippen molar-refractivity contribution in [3.05, 3.63) is 72.3 Å². The summed E-state index contributed by atoms with van der Waals surface area (Å²) in [4.78, 5) is 48.9. The average molecular weight is 727 g/mol. The van der Waals surface area contributed by atoms with Crippen molar-refractivity contribution >= 4 is 29.3 Å². The van der Waals surface area contributed by atoms with E-state index in [0.717, 1.165) is 47.5 Å². The number of likely N-dealkylation sites (tertiary alicyclic amines) is 1. The Bertz CT molecular complexity index is 1770. The van der Waals surface area contributed by atoms with Gasteiger partial charge in [0.25, 0.3) is 5.91 Å². The molecule has 2 aliphatic heterocycles. The first-order chi connectivity index (χ1) is 25.4. The van der Waals surface area contributed by atoms with E-state index in [1.54, 1.807) is 16.9 Å². The minimum atomic E-state index is -0.662. The third-order valence-electron chi connectivity index (χ3n) is 9.91. The van der Waals surface area contributed by atoms with Gasteiger partial charge >= 0.3 is 6.09 Å². The van der Waals surface area contributed by atoms with Crippen molar-refractivity contribution in [2.75, 3.05) is 77.0 Å². The Morgan fingerprint density at radius 3 is 2.42 bits per heavy atom. The molecule has 3 aliphatic rings. The Kier molecular flexibility index (Phi) is 11.9. The minimum Gasteiger partial charge on any atom is -0.492 e. The van der Waals surface area contributed by atoms with Crippen LogP contribution in [0, 0.1) is 5.92 Å². The molecule has 0 spiro atoms. The number of rotatable bonds is 13. The topological polar surface area (TPSA) is 101 Å². The van der Waals surface area contributed by atoms with Crippen molar-refractivity contribution in [1.29, 1.82) is 0 Å². The molecule has 1 aliphatic carbocycles. The van der Waals surface area contributed by atoms with E-state index in [1.165, 1.54) is 0 Å². The summed E-state index contributed by atoms with van der Waals surface area (Å²) in [6.07, 6.45) is 2.62. The number of hydrogen-bond acceptors (Lipinski definition) is 8. The van der Waals surface area contributed by atoms with Crippen LogP contribution in [-0.2, 0) is 19.1 Å². The van der Waals surface area contributed by atoms with Gasteiger partial charge in [0.05, 0.1) is 11.6 Å². The molecule has 0 radical (unpaired) electrons. The molecular weight excluding hydrogens is 672 g/mol. The number of carbonyl (C=O) groups excluding carboxylic acids is 3. The molecule has 2 atom stereocenters. The monoisotopic (exact) mass is 726 g/mol. The van der Waals surface area contributed by atoms with Gasteiger partial charge in [-0.1, -0.05) is 36.4 Å². The molecule has 3 aromatic rings. The Morgan fingerprint density at radius 2 is 1.70 bits per heavy atom. The predicted molar refractivity (Wildman–Crippen MR) is 206 cm³/mol. The molecular formula is C42H54N4O7. The van der Waals surface area contributed by atoms with Crippen molar-refractivity contribution in [2.24, 2.45) is 5.92 Å². The fraction of sp³-hybridized carbons (Fsp3) is 0.500. The van der Waals surface area contributed by atoms with Crippen LogP contribution < -0.4 is 19.3 Å². The van der Waals surface area contributed by atoms with E-state index >= 15 is 4.79 Å². The second-order valence-corrected chi connectivity index (χ2v) is 15.5. The lowest BCUT2D eigenvalue weighted by molar-refractivity contribution is -0.124. The number of benzene rings is 3. The van der Waals surface area contributed by atoms with Gasteiger partial charge in [-0.2, -0.15) is 0 Å². The van der Waals surface area contributed by atoms with Crippen LogP contribution in [0.5, 0.6) is 11.5 Å². The van der Waals surface area contributed by atoms with Crippen LogP contribution in [0.3, 0.4) is 0 Å². The summed E-state index contributed by atoms with van der Waals surface area (Å²) in [5.41, 5.74) is 3.83. The second kappa shape index (κ2) is 16.6. The molecule has 1 saturated heterocycles. The maximum Gasteiger partial charge on any atom is 0.410 e. The summed E-state index contributed by atoms with van der Waals surface area (Å²) in [6.45, 7) is 8.66. The van der Waals surface area contributed by atoms with Crippen LogP contribution in [0.1, 0.15) is 57.9 Å². The van der Waals surface area contributed by atoms with Crippen molar-refractivity contribution in [3.63, 3.8) is 0 Å². The molecule has 0 unspecified atom stereocenters. The maximum absolute atomic E-state index is 15.1. The number of hydrogen-bond donors (Lipinski definition) is 0. The normalized spacial score (nSPS) is 18.7. The van der Waals surface area contributed by atoms with Crippen molar-refractivity contribution in [1.82, 2.24) is 9.80 Å². The first kappa shape index (κ1) is 38.1. The number of carbonyl (C=O) groups is 3. The third-order valence-corrected chi connectivity index (χ3v) is 9.91. The molecule has 0 bridgehead atoms. The first-order valence-electron chi connectivity index (χ1n) is 18.8. The lowest BCUT2D eigenvalue weighted by atomic mass is 9.78. The molecule has 0 aromatic heterocycles. The zero-order valence-corrected chi connectivity index (χ0v) is 32.0. The maximum atomic E-state index is 15.1. The van der Waals surface area contributed by atoms with E-state index in [0.29, 0.717) is 50.6 Å². The predicted octanol–water partition coefficient (Wildman–Crippen LogP) is 6.59. The van der Waals surface area contributed by atoms with Crippen molar-refractivity contribution in [2.45, 2.75) is 64.0 Å². The average Bonchev–Trinajstić information content (AvgIpc) is 3.97. The van der Waals surface area contributed by atoms with E-state index in [4.69, 9.17) is 18.9 Å². The summed E-state index contributed by atoms with van der Waals surface area (Å²) in [7, 11) is 5.69. The highest BCUT2D eigenvalue weighted by Gasteiger charge is 2.44. The molecule has 0 N–H and O–H groups in total. The van der Waals surface area contributed by atoms with Crippen LogP contribution in [0.15, 0.2) is 66.7 Å². The first-order valence-corrected chi connectivity index (χ1v) is 18.8. The highest BCUT2D eigenvalue weighted by Crippen LogP contribution is 2.43. The summed E-state index contributed by atoms with van der Waals surface area (Å²) >= 11 is 0. The molecule has 2 fully saturated rings. The molecule has 11 heteroatoms. The Hall–Kier alpha value is -4.61. The molecule has 1 saturated carbocycles. The minimum absolute atomic E-state index is 0.0261. The summed E-state index contributed by atoms with van der Waals surface area (Å²) in [5, 5.41) is 0. The summed E-state index contributed by atoms with van der Waals surface area (Å²) in [6, 6.07) is 22.2.